The lowest BCUT2D eigenvalue weighted by Gasteiger charge is -2.12. The molecule has 0 aromatic heterocycles. The quantitative estimate of drug-likeness (QED) is 0.379. The summed E-state index contributed by atoms with van der Waals surface area (Å²) in [6.45, 7) is 0. The number of alkyl halides is 3. The van der Waals surface area contributed by atoms with Crippen molar-refractivity contribution in [3.63, 3.8) is 0 Å². The SMILES string of the molecule is O=C(Cc1ccc([N+](=O)[O-])cc1)Nc1cccc(S(=O)(=O)Nc2cccc(C(F)(F)F)c2)c1. The van der Waals surface area contributed by atoms with Crippen molar-refractivity contribution in [3.8, 4) is 0 Å². The number of rotatable bonds is 7. The average molecular weight is 479 g/mol. The fourth-order valence-electron chi connectivity index (χ4n) is 2.84. The van der Waals surface area contributed by atoms with Gasteiger partial charge in [0.1, 0.15) is 0 Å². The summed E-state index contributed by atoms with van der Waals surface area (Å²) in [6, 6.07) is 14.3. The molecule has 0 aliphatic rings. The van der Waals surface area contributed by atoms with Gasteiger partial charge in [-0.05, 0) is 42.0 Å². The predicted molar refractivity (Wildman–Crippen MR) is 114 cm³/mol. The summed E-state index contributed by atoms with van der Waals surface area (Å²) in [5.74, 6) is -0.496. The highest BCUT2D eigenvalue weighted by atomic mass is 32.2. The molecule has 1 amide bonds. The molecule has 8 nitrogen and oxygen atoms in total. The number of nitro groups is 1. The zero-order chi connectivity index (χ0) is 24.2. The second-order valence-corrected chi connectivity index (χ2v) is 8.54. The van der Waals surface area contributed by atoms with Crippen molar-refractivity contribution < 1.29 is 31.3 Å². The minimum absolute atomic E-state index is 0.114. The van der Waals surface area contributed by atoms with Crippen LogP contribution in [0, 0.1) is 10.1 Å². The molecule has 33 heavy (non-hydrogen) atoms. The number of nitrogens with one attached hydrogen (secondary N) is 2. The van der Waals surface area contributed by atoms with Gasteiger partial charge < -0.3 is 5.32 Å². The largest absolute Gasteiger partial charge is 0.416 e. The summed E-state index contributed by atoms with van der Waals surface area (Å²) < 4.78 is 65.9. The van der Waals surface area contributed by atoms with Gasteiger partial charge in [0.2, 0.25) is 5.91 Å². The minimum Gasteiger partial charge on any atom is -0.326 e. The number of carbonyl (C=O) groups is 1. The molecule has 3 aromatic carbocycles. The van der Waals surface area contributed by atoms with Crippen molar-refractivity contribution in [2.24, 2.45) is 0 Å². The van der Waals surface area contributed by atoms with Crippen LogP contribution in [0.3, 0.4) is 0 Å². The van der Waals surface area contributed by atoms with E-state index in [1.807, 2.05) is 0 Å². The topological polar surface area (TPSA) is 118 Å². The van der Waals surface area contributed by atoms with Crippen LogP contribution in [0.4, 0.5) is 30.2 Å². The highest BCUT2D eigenvalue weighted by Gasteiger charge is 2.30. The Morgan fingerprint density at radius 1 is 0.939 bits per heavy atom. The van der Waals surface area contributed by atoms with Gasteiger partial charge in [0.05, 0.1) is 21.8 Å². The number of sulfonamides is 1. The van der Waals surface area contributed by atoms with Crippen molar-refractivity contribution in [2.45, 2.75) is 17.5 Å². The van der Waals surface area contributed by atoms with Crippen molar-refractivity contribution >= 4 is 33.0 Å². The summed E-state index contributed by atoms with van der Waals surface area (Å²) in [5, 5.41) is 13.2. The molecule has 0 radical (unpaired) electrons. The molecule has 0 aliphatic carbocycles. The standard InChI is InChI=1S/C21H16F3N3O5S/c22-21(23,24)15-3-1-5-17(12-15)26-33(31,32)19-6-2-4-16(13-19)25-20(28)11-14-7-9-18(10-8-14)27(29)30/h1-10,12-13,26H,11H2,(H,25,28). The van der Waals surface area contributed by atoms with E-state index >= 15 is 0 Å². The highest BCUT2D eigenvalue weighted by molar-refractivity contribution is 7.92. The highest BCUT2D eigenvalue weighted by Crippen LogP contribution is 2.31. The third-order valence-corrected chi connectivity index (χ3v) is 5.76. The zero-order valence-corrected chi connectivity index (χ0v) is 17.5. The Labute approximate surface area is 186 Å². The van der Waals surface area contributed by atoms with Crippen LogP contribution in [0.25, 0.3) is 0 Å². The lowest BCUT2D eigenvalue weighted by molar-refractivity contribution is -0.384. The average Bonchev–Trinajstić information content (AvgIpc) is 2.73. The molecule has 0 fully saturated rings. The van der Waals surface area contributed by atoms with Gasteiger partial charge in [0, 0.05) is 23.5 Å². The van der Waals surface area contributed by atoms with Gasteiger partial charge in [-0.2, -0.15) is 13.2 Å². The van der Waals surface area contributed by atoms with Crippen molar-refractivity contribution in [2.75, 3.05) is 10.0 Å². The van der Waals surface area contributed by atoms with Crippen LogP contribution in [-0.4, -0.2) is 19.2 Å². The number of nitrogens with zero attached hydrogens (tertiary/aromatic N) is 1. The molecular formula is C21H16F3N3O5S. The molecule has 0 spiro atoms. The van der Waals surface area contributed by atoms with Gasteiger partial charge in [0.15, 0.2) is 0 Å². The third-order valence-electron chi connectivity index (χ3n) is 4.38. The second-order valence-electron chi connectivity index (χ2n) is 6.86. The maximum atomic E-state index is 12.9. The van der Waals surface area contributed by atoms with Gasteiger partial charge in [-0.15, -0.1) is 0 Å². The summed E-state index contributed by atoms with van der Waals surface area (Å²) >= 11 is 0. The number of halogens is 3. The number of hydrogen-bond acceptors (Lipinski definition) is 5. The molecule has 0 atom stereocenters. The Kier molecular flexibility index (Phi) is 6.68. The molecule has 0 saturated carbocycles. The Morgan fingerprint density at radius 2 is 1.58 bits per heavy atom. The van der Waals surface area contributed by atoms with E-state index in [2.05, 4.69) is 10.0 Å². The zero-order valence-electron chi connectivity index (χ0n) is 16.7. The smallest absolute Gasteiger partial charge is 0.326 e. The normalized spacial score (nSPS) is 11.6. The first kappa shape index (κ1) is 23.7. The molecule has 0 bridgehead atoms. The van der Waals surface area contributed by atoms with Crippen molar-refractivity contribution in [3.05, 3.63) is 94.0 Å². The van der Waals surface area contributed by atoms with E-state index in [0.29, 0.717) is 11.6 Å². The van der Waals surface area contributed by atoms with Crippen LogP contribution in [0.1, 0.15) is 11.1 Å². The molecule has 0 saturated heterocycles. The monoisotopic (exact) mass is 479 g/mol. The summed E-state index contributed by atoms with van der Waals surface area (Å²) in [6.07, 6.45) is -4.74. The van der Waals surface area contributed by atoms with E-state index in [1.54, 1.807) is 0 Å². The number of hydrogen-bond donors (Lipinski definition) is 2. The van der Waals surface area contributed by atoms with Crippen molar-refractivity contribution in [1.29, 1.82) is 0 Å². The maximum absolute atomic E-state index is 12.9. The number of nitro benzene ring substituents is 1. The van der Waals surface area contributed by atoms with Crippen molar-refractivity contribution in [1.82, 2.24) is 0 Å². The first-order valence-electron chi connectivity index (χ1n) is 9.27. The van der Waals surface area contributed by atoms with E-state index in [1.165, 1.54) is 48.5 Å². The molecule has 12 heteroatoms. The number of benzene rings is 3. The molecular weight excluding hydrogens is 463 g/mol. The molecule has 0 unspecified atom stereocenters. The first-order chi connectivity index (χ1) is 15.4. The van der Waals surface area contributed by atoms with E-state index in [4.69, 9.17) is 0 Å². The van der Waals surface area contributed by atoms with E-state index in [0.717, 1.165) is 18.2 Å². The van der Waals surface area contributed by atoms with Gasteiger partial charge >= 0.3 is 6.18 Å². The predicted octanol–water partition coefficient (Wildman–Crippen LogP) is 4.60. The Balaban J connectivity index is 1.72. The van der Waals surface area contributed by atoms with Crippen LogP contribution < -0.4 is 10.0 Å². The lowest BCUT2D eigenvalue weighted by atomic mass is 10.1. The molecule has 3 aromatic rings. The maximum Gasteiger partial charge on any atom is 0.416 e. The van der Waals surface area contributed by atoms with Crippen LogP contribution >= 0.6 is 0 Å². The Hall–Kier alpha value is -3.93. The Bertz CT molecular complexity index is 1290. The fourth-order valence-corrected chi connectivity index (χ4v) is 3.94. The molecule has 0 heterocycles. The number of amides is 1. The second kappa shape index (κ2) is 9.28. The summed E-state index contributed by atoms with van der Waals surface area (Å²) in [7, 11) is -4.24. The number of anilines is 2. The van der Waals surface area contributed by atoms with Crippen LogP contribution in [0.2, 0.25) is 0 Å². The number of carbonyl (C=O) groups excluding carboxylic acids is 1. The minimum atomic E-state index is -4.63. The van der Waals surface area contributed by atoms with Crippen LogP contribution in [0.15, 0.2) is 77.7 Å². The van der Waals surface area contributed by atoms with E-state index in [-0.39, 0.29) is 28.4 Å². The van der Waals surface area contributed by atoms with Crippen LogP contribution in [-0.2, 0) is 27.4 Å². The molecule has 2 N–H and O–H groups in total. The summed E-state index contributed by atoms with van der Waals surface area (Å²) in [4.78, 5) is 22.1. The van der Waals surface area contributed by atoms with Gasteiger partial charge in [-0.3, -0.25) is 19.6 Å². The van der Waals surface area contributed by atoms with Gasteiger partial charge in [-0.25, -0.2) is 8.42 Å². The van der Waals surface area contributed by atoms with E-state index < -0.39 is 32.6 Å². The summed E-state index contributed by atoms with van der Waals surface area (Å²) in [5.41, 5.74) is -0.736. The fraction of sp³-hybridized carbons (Fsp3) is 0.0952. The molecule has 3 rings (SSSR count). The molecule has 0 aliphatic heterocycles. The lowest BCUT2D eigenvalue weighted by Crippen LogP contribution is -2.16. The third kappa shape index (κ3) is 6.29. The van der Waals surface area contributed by atoms with Gasteiger partial charge in [-0.1, -0.05) is 24.3 Å². The van der Waals surface area contributed by atoms with Crippen LogP contribution in [0.5, 0.6) is 0 Å². The number of non-ortho nitro benzene ring substituents is 1. The van der Waals surface area contributed by atoms with E-state index in [9.17, 15) is 36.5 Å². The van der Waals surface area contributed by atoms with Gasteiger partial charge in [0.25, 0.3) is 15.7 Å². The molecule has 172 valence electrons. The Morgan fingerprint density at radius 3 is 2.21 bits per heavy atom. The first-order valence-corrected chi connectivity index (χ1v) is 10.8.